The molecule has 2 aromatic carbocycles. The lowest BCUT2D eigenvalue weighted by Crippen LogP contribution is -2.47. The predicted octanol–water partition coefficient (Wildman–Crippen LogP) is 6.18. The van der Waals surface area contributed by atoms with E-state index < -0.39 is 11.7 Å². The van der Waals surface area contributed by atoms with Crippen LogP contribution in [0.4, 0.5) is 19.0 Å². The fraction of sp³-hybridized carbons (Fsp3) is 0.300. The van der Waals surface area contributed by atoms with Crippen LogP contribution in [0.5, 0.6) is 0 Å². The van der Waals surface area contributed by atoms with E-state index in [9.17, 15) is 18.0 Å². The van der Waals surface area contributed by atoms with Gasteiger partial charge in [-0.2, -0.15) is 13.2 Å². The average Bonchev–Trinajstić information content (AvgIpc) is 3.33. The molecule has 2 aliphatic heterocycles. The van der Waals surface area contributed by atoms with E-state index in [2.05, 4.69) is 11.1 Å². The molecule has 6 rings (SSSR count). The maximum absolute atomic E-state index is 13.2. The lowest BCUT2D eigenvalue weighted by Gasteiger charge is -2.39. The Morgan fingerprint density at radius 2 is 1.87 bits per heavy atom. The summed E-state index contributed by atoms with van der Waals surface area (Å²) in [5.41, 5.74) is 9.40. The number of nitrogen functional groups attached to an aromatic ring is 1. The van der Waals surface area contributed by atoms with Crippen LogP contribution in [-0.4, -0.2) is 37.8 Å². The molecule has 6 nitrogen and oxygen atoms in total. The molecule has 1 fully saturated rings. The summed E-state index contributed by atoms with van der Waals surface area (Å²) in [7, 11) is 0. The van der Waals surface area contributed by atoms with Crippen molar-refractivity contribution in [3.63, 3.8) is 0 Å². The number of piperidine rings is 1. The Balaban J connectivity index is 1.33. The van der Waals surface area contributed by atoms with Crippen LogP contribution in [0, 0.1) is 0 Å². The molecule has 3 atom stereocenters. The van der Waals surface area contributed by atoms with Crippen LogP contribution < -0.4 is 5.73 Å². The molecule has 0 saturated carbocycles. The number of nitrogens with zero attached hydrogens (tertiary/aromatic N) is 4. The molecule has 1 amide bonds. The first-order chi connectivity index (χ1) is 18.7. The zero-order valence-corrected chi connectivity index (χ0v) is 21.4. The number of alkyl halides is 3. The van der Waals surface area contributed by atoms with E-state index in [0.717, 1.165) is 35.9 Å². The van der Waals surface area contributed by atoms with Gasteiger partial charge in [0.2, 0.25) is 5.91 Å². The summed E-state index contributed by atoms with van der Waals surface area (Å²) in [5.74, 6) is 1.17. The fourth-order valence-electron chi connectivity index (χ4n) is 5.82. The zero-order valence-electron chi connectivity index (χ0n) is 21.4. The van der Waals surface area contributed by atoms with Crippen LogP contribution in [0.15, 0.2) is 73.1 Å². The Bertz CT molecular complexity index is 1570. The summed E-state index contributed by atoms with van der Waals surface area (Å²) < 4.78 is 41.7. The highest BCUT2D eigenvalue weighted by Crippen LogP contribution is 2.37. The van der Waals surface area contributed by atoms with Crippen LogP contribution in [0.1, 0.15) is 60.5 Å². The molecule has 2 aromatic heterocycles. The second-order valence-electron chi connectivity index (χ2n) is 10.3. The van der Waals surface area contributed by atoms with Crippen molar-refractivity contribution in [2.45, 2.75) is 50.2 Å². The van der Waals surface area contributed by atoms with Gasteiger partial charge in [0.15, 0.2) is 0 Å². The van der Waals surface area contributed by atoms with Gasteiger partial charge in [-0.15, -0.1) is 0 Å². The number of nitrogens with two attached hydrogens (primary N) is 1. The van der Waals surface area contributed by atoms with E-state index in [1.165, 1.54) is 12.1 Å². The van der Waals surface area contributed by atoms with Gasteiger partial charge in [-0.05, 0) is 30.0 Å². The molecule has 9 heteroatoms. The number of fused-ring (bicyclic) bond motifs is 2. The van der Waals surface area contributed by atoms with Gasteiger partial charge in [-0.3, -0.25) is 9.20 Å². The highest BCUT2D eigenvalue weighted by Gasteiger charge is 2.35. The predicted molar refractivity (Wildman–Crippen MR) is 143 cm³/mol. The quantitative estimate of drug-likeness (QED) is 0.319. The number of carbonyl (C=O) groups is 1. The summed E-state index contributed by atoms with van der Waals surface area (Å²) in [6.07, 6.45) is 5.40. The number of benzene rings is 2. The Kier molecular flexibility index (Phi) is 6.16. The number of aromatic nitrogens is 3. The molecule has 4 aromatic rings. The largest absolute Gasteiger partial charge is 0.416 e. The molecule has 0 unspecified atom stereocenters. The first-order valence-electron chi connectivity index (χ1n) is 13.1. The number of imidazole rings is 1. The van der Waals surface area contributed by atoms with E-state index in [-0.39, 0.29) is 23.8 Å². The smallest absolute Gasteiger partial charge is 0.382 e. The second kappa shape index (κ2) is 9.55. The normalized spacial score (nSPS) is 20.3. The molecule has 4 heterocycles. The van der Waals surface area contributed by atoms with E-state index >= 15 is 0 Å². The number of halogens is 3. The number of hydrogen-bond donors (Lipinski definition) is 1. The van der Waals surface area contributed by atoms with Crippen molar-refractivity contribution in [2.75, 3.05) is 12.3 Å². The van der Waals surface area contributed by atoms with E-state index in [1.54, 1.807) is 12.3 Å². The molecule has 0 radical (unpaired) electrons. The topological polar surface area (TPSA) is 76.5 Å². The van der Waals surface area contributed by atoms with Gasteiger partial charge in [-0.1, -0.05) is 61.5 Å². The van der Waals surface area contributed by atoms with Crippen molar-refractivity contribution < 1.29 is 18.0 Å². The first-order valence-corrected chi connectivity index (χ1v) is 13.1. The minimum atomic E-state index is -4.38. The summed E-state index contributed by atoms with van der Waals surface area (Å²) >= 11 is 0. The molecule has 0 spiro atoms. The molecular weight excluding hydrogens is 503 g/mol. The second-order valence-corrected chi connectivity index (χ2v) is 10.3. The van der Waals surface area contributed by atoms with Crippen LogP contribution >= 0.6 is 0 Å². The van der Waals surface area contributed by atoms with Gasteiger partial charge < -0.3 is 10.6 Å². The first kappa shape index (κ1) is 25.2. The van der Waals surface area contributed by atoms with E-state index in [4.69, 9.17) is 10.7 Å². The highest BCUT2D eigenvalue weighted by atomic mass is 19.4. The minimum absolute atomic E-state index is 0.0555. The lowest BCUT2D eigenvalue weighted by molar-refractivity contribution is -0.137. The summed E-state index contributed by atoms with van der Waals surface area (Å²) in [5, 5.41) is 0. The standard InChI is InChI=1S/C30H28F3N5O/c1-18(21-4-2-5-23(16-21)30(31,32)33)19-8-10-20(11-9-19)26-27-28(34)35-14-15-37(27)29(36-26)22-12-13-24-6-3-7-25(39)38(24)17-22/h2-6,8-11,14-16,18,22,24H,7,12-13,17H2,1H3,(H2,34,35)/t18-,22+,24+/m0/s1. The highest BCUT2D eigenvalue weighted by molar-refractivity contribution is 5.85. The molecule has 2 aliphatic rings. The molecule has 0 bridgehead atoms. The Morgan fingerprint density at radius 3 is 2.64 bits per heavy atom. The van der Waals surface area contributed by atoms with Crippen molar-refractivity contribution in [1.82, 2.24) is 19.3 Å². The van der Waals surface area contributed by atoms with Gasteiger partial charge in [0, 0.05) is 42.8 Å². The van der Waals surface area contributed by atoms with Crippen LogP contribution in [0.2, 0.25) is 0 Å². The molecule has 200 valence electrons. The number of anilines is 1. The summed E-state index contributed by atoms with van der Waals surface area (Å²) in [4.78, 5) is 23.9. The van der Waals surface area contributed by atoms with Gasteiger partial charge >= 0.3 is 6.18 Å². The lowest BCUT2D eigenvalue weighted by atomic mass is 9.90. The third-order valence-corrected chi connectivity index (χ3v) is 7.97. The van der Waals surface area contributed by atoms with Gasteiger partial charge in [0.25, 0.3) is 0 Å². The Hall–Kier alpha value is -4.14. The van der Waals surface area contributed by atoms with E-state index in [1.807, 2.05) is 52.8 Å². The molecule has 2 N–H and O–H groups in total. The van der Waals surface area contributed by atoms with Gasteiger partial charge in [0.05, 0.1) is 11.6 Å². The molecule has 1 saturated heterocycles. The van der Waals surface area contributed by atoms with Crippen LogP contribution in [0.25, 0.3) is 16.8 Å². The summed E-state index contributed by atoms with van der Waals surface area (Å²) in [6, 6.07) is 13.3. The van der Waals surface area contributed by atoms with Gasteiger partial charge in [-0.25, -0.2) is 9.97 Å². The fourth-order valence-corrected chi connectivity index (χ4v) is 5.82. The number of amides is 1. The Morgan fingerprint density at radius 1 is 1.08 bits per heavy atom. The number of rotatable bonds is 4. The van der Waals surface area contributed by atoms with Gasteiger partial charge in [0.1, 0.15) is 22.9 Å². The third kappa shape index (κ3) is 4.56. The van der Waals surface area contributed by atoms with Crippen molar-refractivity contribution >= 4 is 17.2 Å². The monoisotopic (exact) mass is 531 g/mol. The van der Waals surface area contributed by atoms with Crippen molar-refractivity contribution in [3.8, 4) is 11.3 Å². The van der Waals surface area contributed by atoms with E-state index in [0.29, 0.717) is 35.6 Å². The average molecular weight is 532 g/mol. The zero-order chi connectivity index (χ0) is 27.3. The molecular formula is C30H28F3N5O. The maximum Gasteiger partial charge on any atom is 0.416 e. The van der Waals surface area contributed by atoms with Crippen LogP contribution in [-0.2, 0) is 11.0 Å². The summed E-state index contributed by atoms with van der Waals surface area (Å²) in [6.45, 7) is 2.49. The number of carbonyl (C=O) groups excluding carboxylic acids is 1. The maximum atomic E-state index is 13.2. The molecule has 39 heavy (non-hydrogen) atoms. The SMILES string of the molecule is C[C@@H](c1ccc(-c2nc([C@@H]3CC[C@H]4C=CCC(=O)N4C3)n3ccnc(N)c23)cc1)c1cccc(C(F)(F)F)c1. The van der Waals surface area contributed by atoms with Crippen LogP contribution in [0.3, 0.4) is 0 Å². The van der Waals surface area contributed by atoms with Crippen molar-refractivity contribution in [2.24, 2.45) is 0 Å². The Labute approximate surface area is 224 Å². The van der Waals surface area contributed by atoms with Crippen molar-refractivity contribution in [3.05, 3.63) is 95.6 Å². The van der Waals surface area contributed by atoms with Crippen molar-refractivity contribution in [1.29, 1.82) is 0 Å². The minimum Gasteiger partial charge on any atom is -0.382 e. The third-order valence-electron chi connectivity index (χ3n) is 7.97. The molecule has 0 aliphatic carbocycles. The number of hydrogen-bond acceptors (Lipinski definition) is 4.